The summed E-state index contributed by atoms with van der Waals surface area (Å²) in [5.74, 6) is 0.0174. The van der Waals surface area contributed by atoms with Crippen molar-refractivity contribution in [3.8, 4) is 0 Å². The van der Waals surface area contributed by atoms with Gasteiger partial charge in [0.05, 0.1) is 0 Å². The number of allylic oxidation sites excluding steroid dienone is 7. The molecule has 0 aliphatic carbocycles. The summed E-state index contributed by atoms with van der Waals surface area (Å²) in [6, 6.07) is 0. The average molecular weight is 375 g/mol. The van der Waals surface area contributed by atoms with Gasteiger partial charge in [-0.05, 0) is 87.2 Å². The number of carbonyl (C=O) groups excluding carboxylic acids is 1. The quantitative estimate of drug-likeness (QED) is 0.326. The van der Waals surface area contributed by atoms with Crippen molar-refractivity contribution in [3.05, 3.63) is 46.6 Å². The number of carbonyl (C=O) groups is 1. The fourth-order valence-electron chi connectivity index (χ4n) is 2.63. The number of nitrogens with zero attached hydrogens (tertiary/aromatic N) is 1. The zero-order chi connectivity index (χ0) is 20.7. The number of hydrogen-bond acceptors (Lipinski definition) is 2. The highest BCUT2D eigenvalue weighted by atomic mass is 16.1. The molecular formula is C24H42N2O. The molecule has 1 N–H and O–H groups in total. The van der Waals surface area contributed by atoms with Gasteiger partial charge in [-0.25, -0.2) is 0 Å². The van der Waals surface area contributed by atoms with Crippen LogP contribution in [0.4, 0.5) is 0 Å². The van der Waals surface area contributed by atoms with Gasteiger partial charge >= 0.3 is 0 Å². The van der Waals surface area contributed by atoms with Crippen LogP contribution in [0.15, 0.2) is 46.6 Å². The van der Waals surface area contributed by atoms with Crippen molar-refractivity contribution in [2.75, 3.05) is 27.2 Å². The molecule has 0 aliphatic heterocycles. The lowest BCUT2D eigenvalue weighted by molar-refractivity contribution is -0.116. The minimum atomic E-state index is 0.0174. The first-order valence-corrected chi connectivity index (χ1v) is 10.2. The van der Waals surface area contributed by atoms with Gasteiger partial charge < -0.3 is 10.2 Å². The van der Waals surface area contributed by atoms with Crippen LogP contribution in [0.3, 0.4) is 0 Å². The van der Waals surface area contributed by atoms with Gasteiger partial charge in [-0.15, -0.1) is 0 Å². The third-order valence-electron chi connectivity index (χ3n) is 4.39. The van der Waals surface area contributed by atoms with Crippen LogP contribution in [0.5, 0.6) is 0 Å². The molecule has 0 aromatic rings. The minimum Gasteiger partial charge on any atom is -0.351 e. The molecule has 0 radical (unpaired) electrons. The Kier molecular flexibility index (Phi) is 14.5. The van der Waals surface area contributed by atoms with E-state index in [4.69, 9.17) is 0 Å². The molecule has 0 aromatic carbocycles. The van der Waals surface area contributed by atoms with Crippen LogP contribution in [0.25, 0.3) is 0 Å². The number of amides is 1. The number of hydrogen-bond donors (Lipinski definition) is 1. The summed E-state index contributed by atoms with van der Waals surface area (Å²) in [7, 11) is 4.01. The maximum atomic E-state index is 11.8. The first kappa shape index (κ1) is 25.4. The van der Waals surface area contributed by atoms with Crippen molar-refractivity contribution >= 4 is 5.91 Å². The minimum absolute atomic E-state index is 0.0174. The molecule has 0 atom stereocenters. The van der Waals surface area contributed by atoms with Crippen LogP contribution >= 0.6 is 0 Å². The largest absolute Gasteiger partial charge is 0.351 e. The molecule has 0 unspecified atom stereocenters. The maximum absolute atomic E-state index is 11.8. The predicted molar refractivity (Wildman–Crippen MR) is 120 cm³/mol. The number of likely N-dealkylation sites (N-methyl/N-ethyl adjacent to an activating group) is 1. The fraction of sp³-hybridized carbons (Fsp3) is 0.625. The molecule has 0 bridgehead atoms. The van der Waals surface area contributed by atoms with Crippen molar-refractivity contribution < 1.29 is 4.79 Å². The summed E-state index contributed by atoms with van der Waals surface area (Å²) in [5, 5.41) is 2.92. The molecule has 0 fully saturated rings. The lowest BCUT2D eigenvalue weighted by atomic mass is 10.0. The fourth-order valence-corrected chi connectivity index (χ4v) is 2.63. The monoisotopic (exact) mass is 374 g/mol. The van der Waals surface area contributed by atoms with Crippen LogP contribution < -0.4 is 5.32 Å². The molecule has 1 amide bonds. The molecule has 0 heterocycles. The van der Waals surface area contributed by atoms with E-state index in [2.05, 4.69) is 56.1 Å². The molecule has 0 saturated carbocycles. The van der Waals surface area contributed by atoms with E-state index in [9.17, 15) is 4.79 Å². The lowest BCUT2D eigenvalue weighted by Crippen LogP contribution is -2.30. The number of nitrogens with one attached hydrogen (secondary N) is 1. The summed E-state index contributed by atoms with van der Waals surface area (Å²) in [5.41, 5.74) is 5.46. The first-order valence-electron chi connectivity index (χ1n) is 10.2. The molecule has 0 aromatic heterocycles. The van der Waals surface area contributed by atoms with E-state index >= 15 is 0 Å². The summed E-state index contributed by atoms with van der Waals surface area (Å²) in [6.45, 7) is 12.3. The zero-order valence-corrected chi connectivity index (χ0v) is 18.8. The van der Waals surface area contributed by atoms with Crippen LogP contribution in [0.2, 0.25) is 0 Å². The molecule has 0 spiro atoms. The third-order valence-corrected chi connectivity index (χ3v) is 4.39. The Balaban J connectivity index is 4.08. The van der Waals surface area contributed by atoms with Crippen LogP contribution in [0.1, 0.15) is 73.1 Å². The topological polar surface area (TPSA) is 32.3 Å². The highest BCUT2D eigenvalue weighted by Gasteiger charge is 1.98. The molecule has 0 aliphatic rings. The van der Waals surface area contributed by atoms with Crippen LogP contribution in [0, 0.1) is 0 Å². The molecule has 0 saturated heterocycles. The van der Waals surface area contributed by atoms with E-state index in [0.29, 0.717) is 6.54 Å². The predicted octanol–water partition coefficient (Wildman–Crippen LogP) is 5.81. The SMILES string of the molecule is CC(C)=CCC/C(C)=C/CC/C(C)=C/CC/C(C)=C/C(=O)NCCN(C)C. The standard InChI is InChI=1S/C24H42N2O/c1-20(2)11-8-12-21(3)13-9-14-22(4)15-10-16-23(5)19-24(27)25-17-18-26(6)7/h11,13,15,19H,8-10,12,14,16-18H2,1-7H3,(H,25,27)/b21-13+,22-15+,23-19+. The van der Waals surface area contributed by atoms with Crippen molar-refractivity contribution in [1.29, 1.82) is 0 Å². The molecule has 154 valence electrons. The smallest absolute Gasteiger partial charge is 0.243 e. The van der Waals surface area contributed by atoms with Gasteiger partial charge in [-0.3, -0.25) is 4.79 Å². The molecular weight excluding hydrogens is 332 g/mol. The summed E-state index contributed by atoms with van der Waals surface area (Å²) < 4.78 is 0. The Morgan fingerprint density at radius 1 is 0.778 bits per heavy atom. The second-order valence-corrected chi connectivity index (χ2v) is 8.08. The van der Waals surface area contributed by atoms with Gasteiger partial charge in [0.2, 0.25) is 5.91 Å². The maximum Gasteiger partial charge on any atom is 0.243 e. The van der Waals surface area contributed by atoms with Gasteiger partial charge in [0.25, 0.3) is 0 Å². The van der Waals surface area contributed by atoms with Crippen LogP contribution in [-0.4, -0.2) is 38.0 Å². The van der Waals surface area contributed by atoms with E-state index < -0.39 is 0 Å². The first-order chi connectivity index (χ1) is 12.7. The van der Waals surface area contributed by atoms with E-state index in [0.717, 1.165) is 50.6 Å². The van der Waals surface area contributed by atoms with Gasteiger partial charge in [0.15, 0.2) is 0 Å². The Hall–Kier alpha value is -1.61. The molecule has 3 nitrogen and oxygen atoms in total. The Bertz CT molecular complexity index is 547. The highest BCUT2D eigenvalue weighted by Crippen LogP contribution is 2.13. The Labute approximate surface area is 168 Å². The average Bonchev–Trinajstić information content (AvgIpc) is 2.53. The van der Waals surface area contributed by atoms with Gasteiger partial charge in [-0.1, -0.05) is 40.5 Å². The van der Waals surface area contributed by atoms with Crippen molar-refractivity contribution in [2.24, 2.45) is 0 Å². The Morgan fingerprint density at radius 3 is 1.74 bits per heavy atom. The number of rotatable bonds is 13. The molecule has 0 rings (SSSR count). The molecule has 3 heteroatoms. The summed E-state index contributed by atoms with van der Waals surface area (Å²) in [4.78, 5) is 13.9. The van der Waals surface area contributed by atoms with Crippen molar-refractivity contribution in [3.63, 3.8) is 0 Å². The van der Waals surface area contributed by atoms with Crippen LogP contribution in [-0.2, 0) is 4.79 Å². The van der Waals surface area contributed by atoms with Crippen molar-refractivity contribution in [2.45, 2.75) is 73.1 Å². The second-order valence-electron chi connectivity index (χ2n) is 8.08. The highest BCUT2D eigenvalue weighted by molar-refractivity contribution is 5.88. The van der Waals surface area contributed by atoms with Gasteiger partial charge in [-0.2, -0.15) is 0 Å². The van der Waals surface area contributed by atoms with E-state index in [-0.39, 0.29) is 5.91 Å². The van der Waals surface area contributed by atoms with E-state index in [1.54, 1.807) is 6.08 Å². The second kappa shape index (κ2) is 15.4. The van der Waals surface area contributed by atoms with Crippen molar-refractivity contribution in [1.82, 2.24) is 10.2 Å². The third kappa shape index (κ3) is 17.6. The lowest BCUT2D eigenvalue weighted by Gasteiger charge is -2.09. The summed E-state index contributed by atoms with van der Waals surface area (Å²) in [6.07, 6.45) is 15.2. The van der Waals surface area contributed by atoms with Gasteiger partial charge in [0.1, 0.15) is 0 Å². The summed E-state index contributed by atoms with van der Waals surface area (Å²) >= 11 is 0. The Morgan fingerprint density at radius 2 is 1.26 bits per heavy atom. The molecule has 27 heavy (non-hydrogen) atoms. The normalized spacial score (nSPS) is 13.1. The van der Waals surface area contributed by atoms with E-state index in [1.807, 2.05) is 21.0 Å². The van der Waals surface area contributed by atoms with Gasteiger partial charge in [0, 0.05) is 19.2 Å². The van der Waals surface area contributed by atoms with E-state index in [1.165, 1.54) is 16.7 Å². The zero-order valence-electron chi connectivity index (χ0n) is 18.8.